The quantitative estimate of drug-likeness (QED) is 0.563. The first kappa shape index (κ1) is 13.9. The fourth-order valence-electron chi connectivity index (χ4n) is 2.32. The van der Waals surface area contributed by atoms with Gasteiger partial charge in [-0.1, -0.05) is 18.2 Å². The van der Waals surface area contributed by atoms with E-state index in [2.05, 4.69) is 15.3 Å². The summed E-state index contributed by atoms with van der Waals surface area (Å²) >= 11 is 0. The standard InChI is InChI=1S/C15H14N4O3/c20-13(11-8-18-15(22)19-14(11)21)16-6-5-9-7-17-12-4-2-1-3-10(9)12/h1-4,7-8,17H,5-6H2,(H,16,20)(H2,18,19,21,22). The van der Waals surface area contributed by atoms with Crippen molar-refractivity contribution >= 4 is 16.8 Å². The third-order valence-electron chi connectivity index (χ3n) is 3.42. The predicted molar refractivity (Wildman–Crippen MR) is 82.0 cm³/mol. The highest BCUT2D eigenvalue weighted by molar-refractivity contribution is 5.93. The van der Waals surface area contributed by atoms with Crippen LogP contribution in [0.2, 0.25) is 0 Å². The van der Waals surface area contributed by atoms with Gasteiger partial charge in [0.15, 0.2) is 0 Å². The fourth-order valence-corrected chi connectivity index (χ4v) is 2.32. The second-order valence-corrected chi connectivity index (χ2v) is 4.85. The molecule has 2 heterocycles. The summed E-state index contributed by atoms with van der Waals surface area (Å²) in [5.74, 6) is -0.516. The Morgan fingerprint density at radius 2 is 1.91 bits per heavy atom. The summed E-state index contributed by atoms with van der Waals surface area (Å²) in [7, 11) is 0. The molecule has 0 aliphatic heterocycles. The Hall–Kier alpha value is -3.09. The van der Waals surface area contributed by atoms with Crippen molar-refractivity contribution in [3.05, 3.63) is 68.6 Å². The average molecular weight is 298 g/mol. The highest BCUT2D eigenvalue weighted by Gasteiger charge is 2.10. The number of para-hydroxylation sites is 1. The minimum atomic E-state index is -0.701. The van der Waals surface area contributed by atoms with E-state index in [1.165, 1.54) is 0 Å². The Morgan fingerprint density at radius 1 is 1.09 bits per heavy atom. The van der Waals surface area contributed by atoms with Crippen LogP contribution in [0.1, 0.15) is 15.9 Å². The molecule has 0 saturated heterocycles. The number of fused-ring (bicyclic) bond motifs is 1. The van der Waals surface area contributed by atoms with Gasteiger partial charge in [-0.2, -0.15) is 0 Å². The molecule has 0 aliphatic rings. The lowest BCUT2D eigenvalue weighted by Gasteiger charge is -2.04. The molecule has 3 aromatic rings. The Balaban J connectivity index is 1.67. The molecule has 7 nitrogen and oxygen atoms in total. The second kappa shape index (κ2) is 5.72. The first-order chi connectivity index (χ1) is 10.6. The molecular weight excluding hydrogens is 284 g/mol. The molecule has 2 aromatic heterocycles. The van der Waals surface area contributed by atoms with Crippen molar-refractivity contribution in [3.8, 4) is 0 Å². The number of benzene rings is 1. The number of aromatic nitrogens is 3. The zero-order valence-electron chi connectivity index (χ0n) is 11.6. The van der Waals surface area contributed by atoms with Crippen molar-refractivity contribution in [2.45, 2.75) is 6.42 Å². The van der Waals surface area contributed by atoms with E-state index < -0.39 is 17.2 Å². The fraction of sp³-hybridized carbons (Fsp3) is 0.133. The molecule has 1 amide bonds. The van der Waals surface area contributed by atoms with Crippen LogP contribution < -0.4 is 16.6 Å². The number of amides is 1. The van der Waals surface area contributed by atoms with Crippen LogP contribution in [0.4, 0.5) is 0 Å². The normalized spacial score (nSPS) is 10.7. The smallest absolute Gasteiger partial charge is 0.325 e. The molecule has 0 saturated carbocycles. The summed E-state index contributed by atoms with van der Waals surface area (Å²) in [5, 5.41) is 3.78. The van der Waals surface area contributed by atoms with Crippen molar-refractivity contribution in [2.24, 2.45) is 0 Å². The summed E-state index contributed by atoms with van der Waals surface area (Å²) in [6.45, 7) is 0.388. The first-order valence-corrected chi connectivity index (χ1v) is 6.80. The molecule has 0 unspecified atom stereocenters. The number of carbonyl (C=O) groups is 1. The van der Waals surface area contributed by atoms with E-state index in [1.807, 2.05) is 35.4 Å². The van der Waals surface area contributed by atoms with Crippen LogP contribution in [-0.2, 0) is 6.42 Å². The van der Waals surface area contributed by atoms with Crippen LogP contribution in [0.3, 0.4) is 0 Å². The molecule has 4 N–H and O–H groups in total. The largest absolute Gasteiger partial charge is 0.361 e. The van der Waals surface area contributed by atoms with Crippen LogP contribution in [0.5, 0.6) is 0 Å². The lowest BCUT2D eigenvalue weighted by molar-refractivity contribution is 0.0952. The summed E-state index contributed by atoms with van der Waals surface area (Å²) in [6.07, 6.45) is 3.66. The van der Waals surface area contributed by atoms with Crippen LogP contribution in [0.15, 0.2) is 46.2 Å². The van der Waals surface area contributed by atoms with Gasteiger partial charge in [0.1, 0.15) is 5.56 Å². The van der Waals surface area contributed by atoms with Crippen LogP contribution >= 0.6 is 0 Å². The molecule has 0 fully saturated rings. The van der Waals surface area contributed by atoms with Crippen LogP contribution in [0.25, 0.3) is 10.9 Å². The van der Waals surface area contributed by atoms with Gasteiger partial charge in [0, 0.05) is 29.8 Å². The SMILES string of the molecule is O=C(NCCc1c[nH]c2ccccc12)c1c[nH]c(=O)[nH]c1=O. The predicted octanol–water partition coefficient (Wildman–Crippen LogP) is 0.517. The molecule has 0 aliphatic carbocycles. The number of carbonyl (C=O) groups excluding carboxylic acids is 1. The Bertz CT molecular complexity index is 935. The van der Waals surface area contributed by atoms with E-state index in [0.29, 0.717) is 13.0 Å². The molecule has 112 valence electrons. The van der Waals surface area contributed by atoms with E-state index in [9.17, 15) is 14.4 Å². The van der Waals surface area contributed by atoms with Gasteiger partial charge in [-0.25, -0.2) is 4.79 Å². The van der Waals surface area contributed by atoms with E-state index in [0.717, 1.165) is 22.7 Å². The lowest BCUT2D eigenvalue weighted by atomic mass is 10.1. The Morgan fingerprint density at radius 3 is 2.73 bits per heavy atom. The van der Waals surface area contributed by atoms with Gasteiger partial charge in [0.25, 0.3) is 11.5 Å². The topological polar surface area (TPSA) is 111 Å². The van der Waals surface area contributed by atoms with Gasteiger partial charge in [-0.3, -0.25) is 14.6 Å². The third-order valence-corrected chi connectivity index (χ3v) is 3.42. The number of rotatable bonds is 4. The van der Waals surface area contributed by atoms with Gasteiger partial charge in [-0.15, -0.1) is 0 Å². The van der Waals surface area contributed by atoms with Gasteiger partial charge < -0.3 is 15.3 Å². The van der Waals surface area contributed by atoms with Gasteiger partial charge in [0.2, 0.25) is 0 Å². The summed E-state index contributed by atoms with van der Waals surface area (Å²) in [6, 6.07) is 7.90. The van der Waals surface area contributed by atoms with E-state index in [-0.39, 0.29) is 5.56 Å². The molecule has 0 spiro atoms. The highest BCUT2D eigenvalue weighted by atomic mass is 16.2. The molecule has 22 heavy (non-hydrogen) atoms. The van der Waals surface area contributed by atoms with E-state index in [1.54, 1.807) is 0 Å². The van der Waals surface area contributed by atoms with E-state index in [4.69, 9.17) is 0 Å². The van der Waals surface area contributed by atoms with Crippen molar-refractivity contribution in [3.63, 3.8) is 0 Å². The monoisotopic (exact) mass is 298 g/mol. The molecule has 3 rings (SSSR count). The molecule has 0 atom stereocenters. The summed E-state index contributed by atoms with van der Waals surface area (Å²) in [4.78, 5) is 41.8. The average Bonchev–Trinajstić information content (AvgIpc) is 2.90. The van der Waals surface area contributed by atoms with Crippen LogP contribution in [-0.4, -0.2) is 27.4 Å². The minimum Gasteiger partial charge on any atom is -0.361 e. The number of hydrogen-bond donors (Lipinski definition) is 4. The summed E-state index contributed by atoms with van der Waals surface area (Å²) in [5.41, 5.74) is 0.680. The second-order valence-electron chi connectivity index (χ2n) is 4.85. The minimum absolute atomic E-state index is 0.112. The first-order valence-electron chi connectivity index (χ1n) is 6.80. The number of H-pyrrole nitrogens is 3. The maximum Gasteiger partial charge on any atom is 0.325 e. The highest BCUT2D eigenvalue weighted by Crippen LogP contribution is 2.17. The van der Waals surface area contributed by atoms with Crippen molar-refractivity contribution < 1.29 is 4.79 Å². The van der Waals surface area contributed by atoms with Crippen molar-refractivity contribution in [2.75, 3.05) is 6.54 Å². The Labute approximate surface area is 124 Å². The maximum absolute atomic E-state index is 11.9. The zero-order chi connectivity index (χ0) is 15.5. The van der Waals surface area contributed by atoms with Gasteiger partial charge in [-0.05, 0) is 18.1 Å². The maximum atomic E-state index is 11.9. The van der Waals surface area contributed by atoms with Crippen LogP contribution in [0, 0.1) is 0 Å². The van der Waals surface area contributed by atoms with E-state index >= 15 is 0 Å². The van der Waals surface area contributed by atoms with Gasteiger partial charge in [0.05, 0.1) is 0 Å². The number of aromatic amines is 3. The number of hydrogen-bond acceptors (Lipinski definition) is 3. The van der Waals surface area contributed by atoms with Gasteiger partial charge >= 0.3 is 5.69 Å². The lowest BCUT2D eigenvalue weighted by Crippen LogP contribution is -2.34. The zero-order valence-corrected chi connectivity index (χ0v) is 11.6. The van der Waals surface area contributed by atoms with Crippen molar-refractivity contribution in [1.29, 1.82) is 0 Å². The molecule has 0 bridgehead atoms. The summed E-state index contributed by atoms with van der Waals surface area (Å²) < 4.78 is 0. The van der Waals surface area contributed by atoms with Crippen molar-refractivity contribution in [1.82, 2.24) is 20.3 Å². The molecular formula is C15H14N4O3. The Kier molecular flexibility index (Phi) is 3.61. The molecule has 0 radical (unpaired) electrons. The third kappa shape index (κ3) is 2.69. The number of nitrogens with one attached hydrogen (secondary N) is 4. The molecule has 7 heteroatoms. The molecule has 1 aromatic carbocycles.